The van der Waals surface area contributed by atoms with Crippen LogP contribution < -0.4 is 11.1 Å². The Hall–Kier alpha value is -2.57. The predicted molar refractivity (Wildman–Crippen MR) is 89.3 cm³/mol. The van der Waals surface area contributed by atoms with Crippen LogP contribution in [0, 0.1) is 6.92 Å². The van der Waals surface area contributed by atoms with Crippen LogP contribution in [0.25, 0.3) is 0 Å². The lowest BCUT2D eigenvalue weighted by atomic mass is 10.1. The number of carbonyl (C=O) groups excluding carboxylic acids is 3. The normalized spacial score (nSPS) is 11.5. The number of rotatable bonds is 8. The number of nitrogens with two attached hydrogens (primary N) is 1. The minimum atomic E-state index is -0.918. The Balaban J connectivity index is 2.81. The molecule has 24 heavy (non-hydrogen) atoms. The van der Waals surface area contributed by atoms with Crippen molar-refractivity contribution in [2.24, 2.45) is 0 Å². The molecule has 1 atom stereocenters. The largest absolute Gasteiger partial charge is 0.466 e. The molecular formula is C17H24N2O5. The third-order valence-electron chi connectivity index (χ3n) is 3.31. The van der Waals surface area contributed by atoms with Crippen LogP contribution >= 0.6 is 0 Å². The predicted octanol–water partition coefficient (Wildman–Crippen LogP) is 1.58. The Morgan fingerprint density at radius 1 is 1.17 bits per heavy atom. The zero-order chi connectivity index (χ0) is 18.1. The third-order valence-corrected chi connectivity index (χ3v) is 3.31. The number of benzene rings is 1. The molecular weight excluding hydrogens is 312 g/mol. The number of carbonyl (C=O) groups is 3. The van der Waals surface area contributed by atoms with E-state index in [1.165, 1.54) is 0 Å². The number of nitrogen functional groups attached to an aromatic ring is 1. The van der Waals surface area contributed by atoms with Crippen LogP contribution in [-0.2, 0) is 19.1 Å². The highest BCUT2D eigenvalue weighted by atomic mass is 16.5. The van der Waals surface area contributed by atoms with Crippen LogP contribution in [0.4, 0.5) is 5.69 Å². The fourth-order valence-electron chi connectivity index (χ4n) is 2.16. The zero-order valence-corrected chi connectivity index (χ0v) is 14.3. The molecule has 0 aliphatic heterocycles. The molecule has 0 radical (unpaired) electrons. The van der Waals surface area contributed by atoms with Crippen LogP contribution in [-0.4, -0.2) is 37.1 Å². The summed E-state index contributed by atoms with van der Waals surface area (Å²) in [5.41, 5.74) is 7.32. The maximum Gasteiger partial charge on any atom is 0.328 e. The topological polar surface area (TPSA) is 108 Å². The van der Waals surface area contributed by atoms with E-state index in [4.69, 9.17) is 15.2 Å². The van der Waals surface area contributed by atoms with E-state index in [0.29, 0.717) is 16.8 Å². The van der Waals surface area contributed by atoms with Gasteiger partial charge in [-0.05, 0) is 51.0 Å². The zero-order valence-electron chi connectivity index (χ0n) is 14.3. The molecule has 1 aromatic carbocycles. The summed E-state index contributed by atoms with van der Waals surface area (Å²) in [5, 5.41) is 2.61. The van der Waals surface area contributed by atoms with E-state index in [9.17, 15) is 14.4 Å². The van der Waals surface area contributed by atoms with Gasteiger partial charge in [0.2, 0.25) is 0 Å². The summed E-state index contributed by atoms with van der Waals surface area (Å²) in [6.07, 6.45) is 0.121. The number of ether oxygens (including phenoxy) is 2. The molecule has 1 aromatic rings. The first-order chi connectivity index (χ1) is 11.4. The summed E-state index contributed by atoms with van der Waals surface area (Å²) in [5.74, 6) is -1.43. The van der Waals surface area contributed by atoms with Crippen molar-refractivity contribution in [2.45, 2.75) is 39.7 Å². The number of amides is 1. The van der Waals surface area contributed by atoms with Gasteiger partial charge in [0.05, 0.1) is 13.2 Å². The number of hydrogen-bond acceptors (Lipinski definition) is 6. The molecule has 0 aromatic heterocycles. The first-order valence-corrected chi connectivity index (χ1v) is 7.88. The van der Waals surface area contributed by atoms with Gasteiger partial charge >= 0.3 is 11.9 Å². The highest BCUT2D eigenvalue weighted by molar-refractivity contribution is 5.98. The average molecular weight is 336 g/mol. The molecule has 0 saturated heterocycles. The van der Waals surface area contributed by atoms with Crippen molar-refractivity contribution in [1.29, 1.82) is 0 Å². The Morgan fingerprint density at radius 2 is 1.83 bits per heavy atom. The smallest absolute Gasteiger partial charge is 0.328 e. The Morgan fingerprint density at radius 3 is 2.42 bits per heavy atom. The van der Waals surface area contributed by atoms with Gasteiger partial charge in [-0.1, -0.05) is 0 Å². The SMILES string of the molecule is CCOC(=O)CC[C@@H](NC(=O)c1ccc(N)cc1C)C(=O)OCC. The molecule has 0 aliphatic rings. The first kappa shape index (κ1) is 19.5. The summed E-state index contributed by atoms with van der Waals surface area (Å²) in [4.78, 5) is 35.9. The number of esters is 2. The maximum absolute atomic E-state index is 12.4. The third kappa shape index (κ3) is 5.91. The molecule has 0 bridgehead atoms. The number of hydrogen-bond donors (Lipinski definition) is 2. The summed E-state index contributed by atoms with van der Waals surface area (Å²) < 4.78 is 9.79. The first-order valence-electron chi connectivity index (χ1n) is 7.88. The van der Waals surface area contributed by atoms with E-state index in [0.717, 1.165) is 0 Å². The maximum atomic E-state index is 12.4. The van der Waals surface area contributed by atoms with Gasteiger partial charge in [0, 0.05) is 17.7 Å². The highest BCUT2D eigenvalue weighted by Crippen LogP contribution is 2.13. The summed E-state index contributed by atoms with van der Waals surface area (Å²) in [6, 6.07) is 3.96. The second kappa shape index (κ2) is 9.54. The summed E-state index contributed by atoms with van der Waals surface area (Å²) in [6.45, 7) is 5.58. The fourth-order valence-corrected chi connectivity index (χ4v) is 2.16. The van der Waals surface area contributed by atoms with Crippen LogP contribution in [0.15, 0.2) is 18.2 Å². The van der Waals surface area contributed by atoms with E-state index in [1.807, 2.05) is 0 Å². The van der Waals surface area contributed by atoms with E-state index in [-0.39, 0.29) is 26.1 Å². The molecule has 0 spiro atoms. The van der Waals surface area contributed by atoms with Crippen molar-refractivity contribution < 1.29 is 23.9 Å². The Kier molecular flexibility index (Phi) is 7.74. The molecule has 0 heterocycles. The van der Waals surface area contributed by atoms with Gasteiger partial charge in [0.15, 0.2) is 0 Å². The van der Waals surface area contributed by atoms with Gasteiger partial charge in [0.1, 0.15) is 6.04 Å². The quantitative estimate of drug-likeness (QED) is 0.551. The standard InChI is InChI=1S/C17H24N2O5/c1-4-23-15(20)9-8-14(17(22)24-5-2)19-16(21)13-7-6-12(18)10-11(13)3/h6-7,10,14H,4-5,8-9,18H2,1-3H3,(H,19,21)/t14-/m1/s1. The number of anilines is 1. The van der Waals surface area contributed by atoms with Crippen LogP contribution in [0.1, 0.15) is 42.6 Å². The Bertz CT molecular complexity index is 601. The highest BCUT2D eigenvalue weighted by Gasteiger charge is 2.24. The van der Waals surface area contributed by atoms with Crippen LogP contribution in [0.3, 0.4) is 0 Å². The van der Waals surface area contributed by atoms with Crippen molar-refractivity contribution in [3.8, 4) is 0 Å². The monoisotopic (exact) mass is 336 g/mol. The molecule has 3 N–H and O–H groups in total. The van der Waals surface area contributed by atoms with Crippen LogP contribution in [0.2, 0.25) is 0 Å². The van der Waals surface area contributed by atoms with E-state index < -0.39 is 23.9 Å². The fraction of sp³-hybridized carbons (Fsp3) is 0.471. The van der Waals surface area contributed by atoms with Crippen molar-refractivity contribution in [2.75, 3.05) is 18.9 Å². The Labute approximate surface area is 141 Å². The van der Waals surface area contributed by atoms with Gasteiger partial charge in [-0.2, -0.15) is 0 Å². The van der Waals surface area contributed by atoms with Gasteiger partial charge in [-0.15, -0.1) is 0 Å². The van der Waals surface area contributed by atoms with E-state index in [2.05, 4.69) is 5.32 Å². The average Bonchev–Trinajstić information content (AvgIpc) is 2.51. The lowest BCUT2D eigenvalue weighted by molar-refractivity contribution is -0.146. The van der Waals surface area contributed by atoms with Gasteiger partial charge < -0.3 is 20.5 Å². The van der Waals surface area contributed by atoms with Gasteiger partial charge in [-0.25, -0.2) is 4.79 Å². The number of aryl methyl sites for hydroxylation is 1. The number of nitrogens with one attached hydrogen (secondary N) is 1. The van der Waals surface area contributed by atoms with E-state index in [1.54, 1.807) is 39.0 Å². The minimum absolute atomic E-state index is 0.0122. The van der Waals surface area contributed by atoms with Crippen molar-refractivity contribution >= 4 is 23.5 Å². The van der Waals surface area contributed by atoms with Crippen molar-refractivity contribution in [3.05, 3.63) is 29.3 Å². The van der Waals surface area contributed by atoms with Crippen LogP contribution in [0.5, 0.6) is 0 Å². The summed E-state index contributed by atoms with van der Waals surface area (Å²) >= 11 is 0. The molecule has 0 unspecified atom stereocenters. The molecule has 1 amide bonds. The summed E-state index contributed by atoms with van der Waals surface area (Å²) in [7, 11) is 0. The lowest BCUT2D eigenvalue weighted by Crippen LogP contribution is -2.42. The van der Waals surface area contributed by atoms with Crippen molar-refractivity contribution in [3.63, 3.8) is 0 Å². The molecule has 132 valence electrons. The molecule has 0 aliphatic carbocycles. The molecule has 0 saturated carbocycles. The lowest BCUT2D eigenvalue weighted by Gasteiger charge is -2.17. The second-order valence-corrected chi connectivity index (χ2v) is 5.20. The van der Waals surface area contributed by atoms with Gasteiger partial charge in [-0.3, -0.25) is 9.59 Å². The molecule has 1 rings (SSSR count). The van der Waals surface area contributed by atoms with Gasteiger partial charge in [0.25, 0.3) is 5.91 Å². The minimum Gasteiger partial charge on any atom is -0.466 e. The van der Waals surface area contributed by atoms with Crippen molar-refractivity contribution in [1.82, 2.24) is 5.32 Å². The molecule has 7 heteroatoms. The molecule has 7 nitrogen and oxygen atoms in total. The second-order valence-electron chi connectivity index (χ2n) is 5.20. The molecule has 0 fully saturated rings. The van der Waals surface area contributed by atoms with E-state index >= 15 is 0 Å².